The summed E-state index contributed by atoms with van der Waals surface area (Å²) in [5.41, 5.74) is 5.28. The molecule has 0 bridgehead atoms. The lowest BCUT2D eigenvalue weighted by molar-refractivity contribution is 0.109. The van der Waals surface area contributed by atoms with Crippen LogP contribution in [0, 0.1) is 0 Å². The van der Waals surface area contributed by atoms with Crippen LogP contribution >= 0.6 is 0 Å². The Morgan fingerprint density at radius 3 is 2.00 bits per heavy atom. The maximum atomic E-state index is 5.28. The SMILES string of the molecule is CO[Si](CCCOCCN)(OC)OC. The Morgan fingerprint density at radius 2 is 1.57 bits per heavy atom. The molecule has 0 aliphatic heterocycles. The van der Waals surface area contributed by atoms with Crippen LogP contribution in [0.15, 0.2) is 0 Å². The highest BCUT2D eigenvalue weighted by molar-refractivity contribution is 6.60. The van der Waals surface area contributed by atoms with Crippen molar-refractivity contribution in [2.24, 2.45) is 5.73 Å². The number of rotatable bonds is 9. The maximum Gasteiger partial charge on any atom is 0.500 e. The summed E-state index contributed by atoms with van der Waals surface area (Å²) in [5.74, 6) is 0. The van der Waals surface area contributed by atoms with Gasteiger partial charge in [-0.3, -0.25) is 0 Å². The predicted octanol–water partition coefficient (Wildman–Crippen LogP) is 0.230. The van der Waals surface area contributed by atoms with E-state index in [1.165, 1.54) is 0 Å². The molecule has 0 saturated carbocycles. The maximum absolute atomic E-state index is 5.28. The van der Waals surface area contributed by atoms with Gasteiger partial charge in [0.1, 0.15) is 0 Å². The highest BCUT2D eigenvalue weighted by Crippen LogP contribution is 2.14. The van der Waals surface area contributed by atoms with Crippen LogP contribution in [-0.2, 0) is 18.0 Å². The minimum atomic E-state index is -2.39. The third-order valence-corrected chi connectivity index (χ3v) is 4.80. The van der Waals surface area contributed by atoms with Crippen molar-refractivity contribution in [3.8, 4) is 0 Å². The summed E-state index contributed by atoms with van der Waals surface area (Å²) in [5, 5.41) is 0. The quantitative estimate of drug-likeness (QED) is 0.448. The number of ether oxygens (including phenoxy) is 1. The zero-order valence-corrected chi connectivity index (χ0v) is 10.2. The molecule has 0 amide bonds. The van der Waals surface area contributed by atoms with E-state index in [1.54, 1.807) is 21.3 Å². The number of hydrogen-bond acceptors (Lipinski definition) is 5. The fraction of sp³-hybridized carbons (Fsp3) is 1.00. The zero-order valence-electron chi connectivity index (χ0n) is 9.25. The first-order chi connectivity index (χ1) is 6.74. The van der Waals surface area contributed by atoms with Crippen LogP contribution in [0.4, 0.5) is 0 Å². The van der Waals surface area contributed by atoms with Gasteiger partial charge in [0.05, 0.1) is 6.61 Å². The van der Waals surface area contributed by atoms with E-state index in [2.05, 4.69) is 0 Å². The predicted molar refractivity (Wildman–Crippen MR) is 56.1 cm³/mol. The molecule has 0 aromatic rings. The molecular weight excluding hydrogens is 202 g/mol. The second kappa shape index (κ2) is 8.34. The van der Waals surface area contributed by atoms with E-state index in [-0.39, 0.29) is 0 Å². The summed E-state index contributed by atoms with van der Waals surface area (Å²) < 4.78 is 21.0. The van der Waals surface area contributed by atoms with Gasteiger partial charge in [0.15, 0.2) is 0 Å². The van der Waals surface area contributed by atoms with E-state index in [1.807, 2.05) is 0 Å². The van der Waals surface area contributed by atoms with Gasteiger partial charge in [-0.05, 0) is 6.42 Å². The average molecular weight is 223 g/mol. The van der Waals surface area contributed by atoms with Crippen molar-refractivity contribution >= 4 is 8.80 Å². The van der Waals surface area contributed by atoms with Crippen LogP contribution in [-0.4, -0.2) is 49.9 Å². The molecule has 0 radical (unpaired) electrons. The van der Waals surface area contributed by atoms with Crippen LogP contribution in [0.1, 0.15) is 6.42 Å². The molecular formula is C8H21NO4Si. The lowest BCUT2D eigenvalue weighted by atomic mass is 10.5. The van der Waals surface area contributed by atoms with Gasteiger partial charge in [-0.25, -0.2) is 0 Å². The highest BCUT2D eigenvalue weighted by atomic mass is 28.4. The van der Waals surface area contributed by atoms with E-state index in [0.29, 0.717) is 19.8 Å². The summed E-state index contributed by atoms with van der Waals surface area (Å²) in [6.45, 7) is 1.82. The molecule has 6 heteroatoms. The summed E-state index contributed by atoms with van der Waals surface area (Å²) in [4.78, 5) is 0. The first-order valence-electron chi connectivity index (χ1n) is 4.68. The molecule has 2 N–H and O–H groups in total. The lowest BCUT2D eigenvalue weighted by Crippen LogP contribution is -2.42. The molecule has 0 fully saturated rings. The summed E-state index contributed by atoms with van der Waals surface area (Å²) in [6.07, 6.45) is 0.863. The third kappa shape index (κ3) is 5.04. The normalized spacial score (nSPS) is 12.0. The molecule has 5 nitrogen and oxygen atoms in total. The monoisotopic (exact) mass is 223 g/mol. The van der Waals surface area contributed by atoms with Crippen LogP contribution < -0.4 is 5.73 Å². The van der Waals surface area contributed by atoms with Gasteiger partial charge < -0.3 is 23.7 Å². The van der Waals surface area contributed by atoms with Crippen molar-refractivity contribution < 1.29 is 18.0 Å². The van der Waals surface area contributed by atoms with Gasteiger partial charge in [0, 0.05) is 40.5 Å². The van der Waals surface area contributed by atoms with Crippen LogP contribution in [0.25, 0.3) is 0 Å². The van der Waals surface area contributed by atoms with Gasteiger partial charge in [-0.1, -0.05) is 0 Å². The molecule has 0 aliphatic carbocycles. The van der Waals surface area contributed by atoms with Crippen molar-refractivity contribution in [3.05, 3.63) is 0 Å². The van der Waals surface area contributed by atoms with Gasteiger partial charge in [0.25, 0.3) is 0 Å². The van der Waals surface area contributed by atoms with Crippen LogP contribution in [0.2, 0.25) is 6.04 Å². The molecule has 0 rings (SSSR count). The summed E-state index contributed by atoms with van der Waals surface area (Å²) >= 11 is 0. The number of nitrogens with two attached hydrogens (primary N) is 1. The molecule has 0 aromatic heterocycles. The Labute approximate surface area is 86.8 Å². The Bertz CT molecular complexity index is 124. The Hall–Kier alpha value is 0.0169. The Kier molecular flexibility index (Phi) is 8.35. The van der Waals surface area contributed by atoms with Crippen LogP contribution in [0.5, 0.6) is 0 Å². The molecule has 0 spiro atoms. The fourth-order valence-electron chi connectivity index (χ4n) is 1.13. The van der Waals surface area contributed by atoms with Crippen molar-refractivity contribution in [2.75, 3.05) is 41.1 Å². The van der Waals surface area contributed by atoms with E-state index >= 15 is 0 Å². The first-order valence-corrected chi connectivity index (χ1v) is 6.61. The third-order valence-electron chi connectivity index (χ3n) is 1.97. The minimum absolute atomic E-state index is 0.557. The Morgan fingerprint density at radius 1 is 1.00 bits per heavy atom. The van der Waals surface area contributed by atoms with Crippen molar-refractivity contribution in [1.82, 2.24) is 0 Å². The molecule has 0 heterocycles. The second-order valence-corrected chi connectivity index (χ2v) is 5.89. The minimum Gasteiger partial charge on any atom is -0.380 e. The first kappa shape index (κ1) is 14.0. The Balaban J connectivity index is 3.61. The zero-order chi connectivity index (χ0) is 10.9. The summed E-state index contributed by atoms with van der Waals surface area (Å²) in [6, 6.07) is 0.765. The van der Waals surface area contributed by atoms with Crippen LogP contribution in [0.3, 0.4) is 0 Å². The van der Waals surface area contributed by atoms with Gasteiger partial charge in [0.2, 0.25) is 0 Å². The molecule has 86 valence electrons. The molecule has 0 aromatic carbocycles. The fourth-order valence-corrected chi connectivity index (χ4v) is 2.82. The standard InChI is InChI=1S/C8H21NO4Si/c1-10-14(11-2,12-3)8-4-6-13-7-5-9/h4-9H2,1-3H3. The largest absolute Gasteiger partial charge is 0.500 e. The van der Waals surface area contributed by atoms with Crippen molar-refractivity contribution in [3.63, 3.8) is 0 Å². The van der Waals surface area contributed by atoms with E-state index in [9.17, 15) is 0 Å². The molecule has 0 unspecified atom stereocenters. The summed E-state index contributed by atoms with van der Waals surface area (Å²) in [7, 11) is 2.44. The topological polar surface area (TPSA) is 62.9 Å². The van der Waals surface area contributed by atoms with E-state index in [0.717, 1.165) is 12.5 Å². The highest BCUT2D eigenvalue weighted by Gasteiger charge is 2.36. The molecule has 0 atom stereocenters. The van der Waals surface area contributed by atoms with Gasteiger partial charge in [-0.15, -0.1) is 0 Å². The lowest BCUT2D eigenvalue weighted by Gasteiger charge is -2.24. The molecule has 14 heavy (non-hydrogen) atoms. The van der Waals surface area contributed by atoms with E-state index < -0.39 is 8.80 Å². The van der Waals surface area contributed by atoms with E-state index in [4.69, 9.17) is 23.7 Å². The van der Waals surface area contributed by atoms with Crippen molar-refractivity contribution in [1.29, 1.82) is 0 Å². The molecule has 0 saturated heterocycles. The smallest absolute Gasteiger partial charge is 0.380 e. The number of hydrogen-bond donors (Lipinski definition) is 1. The second-order valence-electron chi connectivity index (χ2n) is 2.80. The molecule has 0 aliphatic rings. The van der Waals surface area contributed by atoms with Crippen molar-refractivity contribution in [2.45, 2.75) is 12.5 Å². The van der Waals surface area contributed by atoms with Gasteiger partial charge in [-0.2, -0.15) is 0 Å². The average Bonchev–Trinajstić information content (AvgIpc) is 2.24. The van der Waals surface area contributed by atoms with Gasteiger partial charge >= 0.3 is 8.80 Å².